The molecule has 1 aliphatic heterocycles. The van der Waals surface area contributed by atoms with E-state index in [9.17, 15) is 4.79 Å². The maximum absolute atomic E-state index is 12.0. The number of carbonyl (C=O) groups excluding carboxylic acids is 1. The lowest BCUT2D eigenvalue weighted by Crippen LogP contribution is -2.28. The molecule has 0 spiro atoms. The van der Waals surface area contributed by atoms with Crippen molar-refractivity contribution in [3.05, 3.63) is 35.4 Å². The Kier molecular flexibility index (Phi) is 6.02. The van der Waals surface area contributed by atoms with Crippen molar-refractivity contribution in [3.63, 3.8) is 0 Å². The van der Waals surface area contributed by atoms with E-state index in [0.717, 1.165) is 31.6 Å². The van der Waals surface area contributed by atoms with Crippen LogP contribution in [0.4, 0.5) is 0 Å². The molecule has 110 valence electrons. The normalized spacial score (nSPS) is 18.8. The summed E-state index contributed by atoms with van der Waals surface area (Å²) in [7, 11) is 1.92. The van der Waals surface area contributed by atoms with Crippen molar-refractivity contribution in [2.75, 3.05) is 33.2 Å². The van der Waals surface area contributed by atoms with Gasteiger partial charge in [-0.15, -0.1) is 0 Å². The van der Waals surface area contributed by atoms with Gasteiger partial charge in [-0.05, 0) is 63.0 Å². The highest BCUT2D eigenvalue weighted by atomic mass is 16.1. The monoisotopic (exact) mass is 275 g/mol. The molecule has 1 aromatic carbocycles. The van der Waals surface area contributed by atoms with Crippen molar-refractivity contribution in [3.8, 4) is 0 Å². The maximum Gasteiger partial charge on any atom is 0.251 e. The van der Waals surface area contributed by atoms with Crippen LogP contribution in [0, 0.1) is 0 Å². The van der Waals surface area contributed by atoms with E-state index in [1.807, 2.05) is 19.2 Å². The summed E-state index contributed by atoms with van der Waals surface area (Å²) < 4.78 is 0. The molecule has 2 rings (SSSR count). The fourth-order valence-corrected chi connectivity index (χ4v) is 2.61. The summed E-state index contributed by atoms with van der Waals surface area (Å²) in [6.07, 6.45) is 3.43. The zero-order chi connectivity index (χ0) is 14.2. The van der Waals surface area contributed by atoms with Gasteiger partial charge < -0.3 is 16.0 Å². The molecule has 0 radical (unpaired) electrons. The Morgan fingerprint density at radius 3 is 2.75 bits per heavy atom. The van der Waals surface area contributed by atoms with Crippen LogP contribution in [0.2, 0.25) is 0 Å². The van der Waals surface area contributed by atoms with Crippen LogP contribution in [0.5, 0.6) is 0 Å². The predicted molar refractivity (Wildman–Crippen MR) is 82.2 cm³/mol. The smallest absolute Gasteiger partial charge is 0.251 e. The minimum atomic E-state index is 0.0226. The van der Waals surface area contributed by atoms with Gasteiger partial charge in [-0.1, -0.05) is 12.1 Å². The van der Waals surface area contributed by atoms with Gasteiger partial charge in [0.25, 0.3) is 5.91 Å². The highest BCUT2D eigenvalue weighted by Crippen LogP contribution is 2.23. The number of hydrogen-bond acceptors (Lipinski definition) is 3. The van der Waals surface area contributed by atoms with E-state index in [-0.39, 0.29) is 5.91 Å². The van der Waals surface area contributed by atoms with Crippen LogP contribution in [0.1, 0.15) is 41.1 Å². The number of piperidine rings is 1. The molecule has 0 bridgehead atoms. The molecule has 0 saturated carbocycles. The number of nitrogens with one attached hydrogen (secondary N) is 3. The summed E-state index contributed by atoms with van der Waals surface area (Å²) >= 11 is 0. The lowest BCUT2D eigenvalue weighted by molar-refractivity contribution is 0.0953. The van der Waals surface area contributed by atoms with Crippen molar-refractivity contribution in [2.45, 2.75) is 25.2 Å². The molecule has 4 nitrogen and oxygen atoms in total. The molecule has 1 saturated heterocycles. The van der Waals surface area contributed by atoms with Crippen LogP contribution in [0.3, 0.4) is 0 Å². The molecule has 20 heavy (non-hydrogen) atoms. The van der Waals surface area contributed by atoms with Crippen molar-refractivity contribution >= 4 is 5.91 Å². The highest BCUT2D eigenvalue weighted by molar-refractivity contribution is 5.94. The summed E-state index contributed by atoms with van der Waals surface area (Å²) in [6, 6.07) is 8.08. The Morgan fingerprint density at radius 1 is 1.30 bits per heavy atom. The molecule has 0 unspecified atom stereocenters. The van der Waals surface area contributed by atoms with Gasteiger partial charge in [-0.25, -0.2) is 0 Å². The van der Waals surface area contributed by atoms with Gasteiger partial charge in [0, 0.05) is 18.7 Å². The van der Waals surface area contributed by atoms with Crippen molar-refractivity contribution in [2.24, 2.45) is 0 Å². The van der Waals surface area contributed by atoms with Crippen molar-refractivity contribution < 1.29 is 4.79 Å². The third-order valence-corrected chi connectivity index (χ3v) is 3.83. The van der Waals surface area contributed by atoms with Crippen LogP contribution in [-0.2, 0) is 0 Å². The molecule has 0 aliphatic carbocycles. The van der Waals surface area contributed by atoms with E-state index < -0.39 is 0 Å². The van der Waals surface area contributed by atoms with E-state index in [0.29, 0.717) is 12.5 Å². The second-order valence-corrected chi connectivity index (χ2v) is 5.38. The first kappa shape index (κ1) is 15.0. The summed E-state index contributed by atoms with van der Waals surface area (Å²) in [4.78, 5) is 12.0. The van der Waals surface area contributed by atoms with Crippen LogP contribution in [0.25, 0.3) is 0 Å². The quantitative estimate of drug-likeness (QED) is 0.690. The van der Waals surface area contributed by atoms with Gasteiger partial charge in [-0.3, -0.25) is 4.79 Å². The Hall–Kier alpha value is -1.39. The third-order valence-electron chi connectivity index (χ3n) is 3.83. The zero-order valence-corrected chi connectivity index (χ0v) is 12.2. The van der Waals surface area contributed by atoms with E-state index in [1.165, 1.54) is 18.4 Å². The number of hydrogen-bond donors (Lipinski definition) is 3. The predicted octanol–water partition coefficient (Wildman–Crippen LogP) is 1.49. The minimum absolute atomic E-state index is 0.0226. The Labute approximate surface area is 121 Å². The molecular weight excluding hydrogens is 250 g/mol. The van der Waals surface area contributed by atoms with Crippen molar-refractivity contribution in [1.82, 2.24) is 16.0 Å². The van der Waals surface area contributed by atoms with Crippen LogP contribution in [-0.4, -0.2) is 39.1 Å². The standard InChI is InChI=1S/C16H25N3O/c1-17-9-3-11-19-16(20)14-7-5-13(6-8-14)15-4-2-10-18-12-15/h5-8,15,17-18H,2-4,9-12H2,1H3,(H,19,20)/t15-/m1/s1. The Morgan fingerprint density at radius 2 is 2.10 bits per heavy atom. The van der Waals surface area contributed by atoms with Gasteiger partial charge in [0.15, 0.2) is 0 Å². The first-order chi connectivity index (χ1) is 9.81. The van der Waals surface area contributed by atoms with E-state index in [1.54, 1.807) is 0 Å². The first-order valence-electron chi connectivity index (χ1n) is 7.54. The average molecular weight is 275 g/mol. The SMILES string of the molecule is CNCCCNC(=O)c1ccc([C@@H]2CCCNC2)cc1. The zero-order valence-electron chi connectivity index (χ0n) is 12.2. The minimum Gasteiger partial charge on any atom is -0.352 e. The van der Waals surface area contributed by atoms with Crippen LogP contribution < -0.4 is 16.0 Å². The topological polar surface area (TPSA) is 53.2 Å². The molecule has 1 aliphatic rings. The number of amides is 1. The Balaban J connectivity index is 1.85. The van der Waals surface area contributed by atoms with Gasteiger partial charge in [0.2, 0.25) is 0 Å². The number of rotatable bonds is 6. The highest BCUT2D eigenvalue weighted by Gasteiger charge is 2.15. The Bertz CT molecular complexity index is 410. The number of benzene rings is 1. The third kappa shape index (κ3) is 4.32. The number of carbonyl (C=O) groups is 1. The van der Waals surface area contributed by atoms with E-state index in [4.69, 9.17) is 0 Å². The lowest BCUT2D eigenvalue weighted by atomic mass is 9.91. The van der Waals surface area contributed by atoms with Crippen LogP contribution >= 0.6 is 0 Å². The average Bonchev–Trinajstić information content (AvgIpc) is 2.52. The molecule has 1 heterocycles. The van der Waals surface area contributed by atoms with Crippen molar-refractivity contribution in [1.29, 1.82) is 0 Å². The summed E-state index contributed by atoms with van der Waals surface area (Å²) in [5.41, 5.74) is 2.09. The van der Waals surface area contributed by atoms with E-state index in [2.05, 4.69) is 28.1 Å². The molecule has 3 N–H and O–H groups in total. The molecule has 1 amide bonds. The van der Waals surface area contributed by atoms with E-state index >= 15 is 0 Å². The first-order valence-corrected chi connectivity index (χ1v) is 7.54. The van der Waals surface area contributed by atoms with Crippen LogP contribution in [0.15, 0.2) is 24.3 Å². The lowest BCUT2D eigenvalue weighted by Gasteiger charge is -2.23. The molecule has 1 fully saturated rings. The molecule has 1 atom stereocenters. The molecular formula is C16H25N3O. The maximum atomic E-state index is 12.0. The fourth-order valence-electron chi connectivity index (χ4n) is 2.61. The molecule has 0 aromatic heterocycles. The molecule has 1 aromatic rings. The van der Waals surface area contributed by atoms with Gasteiger partial charge in [0.05, 0.1) is 0 Å². The summed E-state index contributed by atoms with van der Waals surface area (Å²) in [5, 5.41) is 9.43. The van der Waals surface area contributed by atoms with Gasteiger partial charge in [-0.2, -0.15) is 0 Å². The second-order valence-electron chi connectivity index (χ2n) is 5.38. The summed E-state index contributed by atoms with van der Waals surface area (Å²) in [6.45, 7) is 3.82. The summed E-state index contributed by atoms with van der Waals surface area (Å²) in [5.74, 6) is 0.617. The molecule has 4 heteroatoms. The fraction of sp³-hybridized carbons (Fsp3) is 0.562. The second kappa shape index (κ2) is 8.02. The van der Waals surface area contributed by atoms with Gasteiger partial charge >= 0.3 is 0 Å². The van der Waals surface area contributed by atoms with Gasteiger partial charge in [0.1, 0.15) is 0 Å². The largest absolute Gasteiger partial charge is 0.352 e.